The van der Waals surface area contributed by atoms with Crippen LogP contribution in [-0.2, 0) is 32.8 Å². The second kappa shape index (κ2) is 7.94. The molecule has 0 saturated carbocycles. The highest BCUT2D eigenvalue weighted by atomic mass is 35.5. The van der Waals surface area contributed by atoms with Gasteiger partial charge < -0.3 is 9.84 Å². The van der Waals surface area contributed by atoms with Crippen molar-refractivity contribution in [1.82, 2.24) is 0 Å². The van der Waals surface area contributed by atoms with Crippen LogP contribution in [0.25, 0.3) is 0 Å². The van der Waals surface area contributed by atoms with E-state index in [0.29, 0.717) is 5.69 Å². The summed E-state index contributed by atoms with van der Waals surface area (Å²) in [5.41, 5.74) is 0.348. The third-order valence-corrected chi connectivity index (χ3v) is 5.54. The van der Waals surface area contributed by atoms with Crippen LogP contribution in [0.3, 0.4) is 0 Å². The van der Waals surface area contributed by atoms with Crippen molar-refractivity contribution in [3.05, 3.63) is 40.5 Å². The van der Waals surface area contributed by atoms with E-state index < -0.39 is 33.7 Å². The molecule has 0 atom stereocenters. The third-order valence-electron chi connectivity index (χ3n) is 2.39. The number of sulfone groups is 1. The molecule has 0 spiro atoms. The SMILES string of the molecule is COP(=O)(OC)O/C(C(=O)Nc1ccccc1)=C(/Cl)S(C)(=O)=O. The number of hydrogen-bond donors (Lipinski definition) is 1. The Balaban J connectivity index is 3.25. The summed E-state index contributed by atoms with van der Waals surface area (Å²) < 4.78 is 48.1. The summed E-state index contributed by atoms with van der Waals surface area (Å²) in [5.74, 6) is -1.92. The maximum Gasteiger partial charge on any atom is 0.529 e. The first-order valence-electron chi connectivity index (χ1n) is 6.00. The number of carbonyl (C=O) groups is 1. The lowest BCUT2D eigenvalue weighted by atomic mass is 10.3. The molecule has 8 nitrogen and oxygen atoms in total. The van der Waals surface area contributed by atoms with Gasteiger partial charge in [0.2, 0.25) is 5.76 Å². The Bertz CT molecular complexity index is 740. The molecule has 0 saturated heterocycles. The number of hydrogen-bond acceptors (Lipinski definition) is 7. The summed E-state index contributed by atoms with van der Waals surface area (Å²) in [7, 11) is -6.18. The molecule has 1 aromatic carbocycles. The van der Waals surface area contributed by atoms with E-state index in [4.69, 9.17) is 16.1 Å². The van der Waals surface area contributed by atoms with E-state index in [1.807, 2.05) is 0 Å². The lowest BCUT2D eigenvalue weighted by Crippen LogP contribution is -2.19. The van der Waals surface area contributed by atoms with E-state index in [-0.39, 0.29) is 0 Å². The molecule has 0 aliphatic rings. The van der Waals surface area contributed by atoms with Crippen LogP contribution in [0.4, 0.5) is 5.69 Å². The number of halogens is 1. The van der Waals surface area contributed by atoms with Crippen LogP contribution in [-0.4, -0.2) is 34.8 Å². The van der Waals surface area contributed by atoms with Crippen molar-refractivity contribution in [2.75, 3.05) is 25.8 Å². The van der Waals surface area contributed by atoms with Crippen LogP contribution in [0.15, 0.2) is 40.5 Å². The molecule has 0 bridgehead atoms. The van der Waals surface area contributed by atoms with Crippen LogP contribution >= 0.6 is 19.4 Å². The maximum atomic E-state index is 12.2. The van der Waals surface area contributed by atoms with E-state index in [9.17, 15) is 17.8 Å². The molecule has 1 amide bonds. The molecule has 0 aliphatic carbocycles. The van der Waals surface area contributed by atoms with E-state index >= 15 is 0 Å². The van der Waals surface area contributed by atoms with E-state index in [0.717, 1.165) is 20.5 Å². The number of phosphoric acid groups is 1. The minimum atomic E-state index is -4.19. The number of phosphoric ester groups is 1. The van der Waals surface area contributed by atoms with Gasteiger partial charge in [-0.15, -0.1) is 0 Å². The quantitative estimate of drug-likeness (QED) is 0.437. The highest BCUT2D eigenvalue weighted by Gasteiger charge is 2.33. The zero-order chi connectivity index (χ0) is 17.7. The summed E-state index contributed by atoms with van der Waals surface area (Å²) in [6, 6.07) is 8.11. The lowest BCUT2D eigenvalue weighted by molar-refractivity contribution is -0.115. The van der Waals surface area contributed by atoms with Crippen molar-refractivity contribution in [1.29, 1.82) is 0 Å². The Morgan fingerprint density at radius 1 is 1.17 bits per heavy atom. The Kier molecular flexibility index (Phi) is 6.79. The fraction of sp³-hybridized carbons (Fsp3) is 0.250. The van der Waals surface area contributed by atoms with Gasteiger partial charge in [0, 0.05) is 26.2 Å². The number of rotatable bonds is 7. The number of para-hydroxylation sites is 1. The standard InChI is InChI=1S/C12H15ClNO7PS/c1-19-22(16,20-2)21-10(11(13)23(3,17)18)12(15)14-9-7-5-4-6-8-9/h4-8H,1-3H3,(H,14,15)/b11-10-. The molecule has 0 aliphatic heterocycles. The van der Waals surface area contributed by atoms with Crippen LogP contribution in [0.1, 0.15) is 0 Å². The van der Waals surface area contributed by atoms with Crippen LogP contribution < -0.4 is 5.32 Å². The van der Waals surface area contributed by atoms with Crippen LogP contribution in [0, 0.1) is 0 Å². The molecule has 128 valence electrons. The normalized spacial score (nSPS) is 13.2. The molecule has 0 radical (unpaired) electrons. The largest absolute Gasteiger partial charge is 0.529 e. The minimum absolute atomic E-state index is 0.348. The zero-order valence-corrected chi connectivity index (χ0v) is 14.9. The molecule has 0 aromatic heterocycles. The van der Waals surface area contributed by atoms with Crippen molar-refractivity contribution in [3.63, 3.8) is 0 Å². The van der Waals surface area contributed by atoms with Crippen molar-refractivity contribution in [3.8, 4) is 0 Å². The zero-order valence-electron chi connectivity index (χ0n) is 12.5. The topological polar surface area (TPSA) is 108 Å². The highest BCUT2D eigenvalue weighted by Crippen LogP contribution is 2.50. The first-order valence-corrected chi connectivity index (χ1v) is 9.73. The van der Waals surface area contributed by atoms with Crippen molar-refractivity contribution in [2.45, 2.75) is 0 Å². The molecular weight excluding hydrogens is 369 g/mol. The lowest BCUT2D eigenvalue weighted by Gasteiger charge is -2.17. The molecule has 1 rings (SSSR count). The summed E-state index contributed by atoms with van der Waals surface area (Å²) in [4.78, 5) is 12.2. The van der Waals surface area contributed by atoms with Gasteiger partial charge in [-0.3, -0.25) is 13.8 Å². The monoisotopic (exact) mass is 383 g/mol. The molecule has 0 unspecified atom stereocenters. The molecule has 11 heteroatoms. The fourth-order valence-electron chi connectivity index (χ4n) is 1.31. The fourth-order valence-corrected chi connectivity index (χ4v) is 2.71. The molecule has 1 aromatic rings. The van der Waals surface area contributed by atoms with Gasteiger partial charge >= 0.3 is 7.82 Å². The third kappa shape index (κ3) is 5.63. The van der Waals surface area contributed by atoms with E-state index in [2.05, 4.69) is 14.4 Å². The minimum Gasteiger partial charge on any atom is -0.396 e. The number of amides is 1. The average molecular weight is 384 g/mol. The predicted molar refractivity (Wildman–Crippen MR) is 85.5 cm³/mol. The average Bonchev–Trinajstić information content (AvgIpc) is 2.51. The van der Waals surface area contributed by atoms with Crippen molar-refractivity contribution >= 4 is 40.9 Å². The Hall–Kier alpha value is -1.38. The first kappa shape index (κ1) is 19.7. The van der Waals surface area contributed by atoms with Gasteiger partial charge in [0.1, 0.15) is 0 Å². The van der Waals surface area contributed by atoms with Gasteiger partial charge in [-0.05, 0) is 12.1 Å². The number of carbonyl (C=O) groups excluding carboxylic acids is 1. The first-order chi connectivity index (χ1) is 10.6. The highest BCUT2D eigenvalue weighted by molar-refractivity contribution is 7.96. The molecule has 0 fully saturated rings. The van der Waals surface area contributed by atoms with Gasteiger partial charge in [-0.1, -0.05) is 29.8 Å². The maximum absolute atomic E-state index is 12.2. The van der Waals surface area contributed by atoms with Gasteiger partial charge in [0.25, 0.3) is 5.91 Å². The summed E-state index contributed by atoms with van der Waals surface area (Å²) in [6.07, 6.45) is 0.763. The second-order valence-corrected chi connectivity index (χ2v) is 8.46. The molecular formula is C12H15ClNO7PS. The summed E-state index contributed by atoms with van der Waals surface area (Å²) in [6.45, 7) is 0. The second-order valence-electron chi connectivity index (χ2n) is 4.10. The van der Waals surface area contributed by atoms with Gasteiger partial charge in [0.15, 0.2) is 14.2 Å². The van der Waals surface area contributed by atoms with Crippen molar-refractivity contribution in [2.24, 2.45) is 0 Å². The predicted octanol–water partition coefficient (Wildman–Crippen LogP) is 2.50. The number of nitrogens with one attached hydrogen (secondary N) is 1. The van der Waals surface area contributed by atoms with Gasteiger partial charge in [-0.25, -0.2) is 13.0 Å². The van der Waals surface area contributed by atoms with Gasteiger partial charge in [0.05, 0.1) is 0 Å². The van der Waals surface area contributed by atoms with Gasteiger partial charge in [-0.2, -0.15) is 0 Å². The van der Waals surface area contributed by atoms with E-state index in [1.165, 1.54) is 0 Å². The summed E-state index contributed by atoms with van der Waals surface area (Å²) >= 11 is 5.68. The summed E-state index contributed by atoms with van der Waals surface area (Å²) in [5, 5.41) is 2.36. The molecule has 23 heavy (non-hydrogen) atoms. The number of benzene rings is 1. The number of anilines is 1. The van der Waals surface area contributed by atoms with E-state index in [1.54, 1.807) is 30.3 Å². The smallest absolute Gasteiger partial charge is 0.396 e. The Morgan fingerprint density at radius 2 is 1.70 bits per heavy atom. The van der Waals surface area contributed by atoms with Crippen LogP contribution in [0.5, 0.6) is 0 Å². The Labute approximate surface area is 138 Å². The van der Waals surface area contributed by atoms with Crippen molar-refractivity contribution < 1.29 is 31.3 Å². The molecule has 0 heterocycles. The van der Waals surface area contributed by atoms with Crippen LogP contribution in [0.2, 0.25) is 0 Å². The molecule has 1 N–H and O–H groups in total. The Morgan fingerprint density at radius 3 is 2.13 bits per heavy atom.